The Balaban J connectivity index is 1.39. The number of benzene rings is 2. The molecule has 7 nitrogen and oxygen atoms in total. The predicted octanol–water partition coefficient (Wildman–Crippen LogP) is 3.28. The van der Waals surface area contributed by atoms with Gasteiger partial charge >= 0.3 is 0 Å². The molecule has 170 valence electrons. The maximum atomic E-state index is 13.0. The summed E-state index contributed by atoms with van der Waals surface area (Å²) in [6.07, 6.45) is 2.08. The fraction of sp³-hybridized carbons (Fsp3) is 0.364. The molecule has 0 unspecified atom stereocenters. The molecule has 2 amide bonds. The number of sulfonamides is 1. The second-order valence-corrected chi connectivity index (χ2v) is 10.7. The molecule has 1 saturated heterocycles. The summed E-state index contributed by atoms with van der Waals surface area (Å²) in [5.41, 5.74) is 0.708. The molecule has 1 saturated carbocycles. The molecule has 2 aromatic carbocycles. The maximum Gasteiger partial charge on any atom is 0.254 e. The third-order valence-electron chi connectivity index (χ3n) is 5.61. The van der Waals surface area contributed by atoms with Gasteiger partial charge in [-0.1, -0.05) is 29.3 Å². The van der Waals surface area contributed by atoms with Crippen molar-refractivity contribution in [3.05, 3.63) is 63.6 Å². The van der Waals surface area contributed by atoms with E-state index < -0.39 is 10.0 Å². The van der Waals surface area contributed by atoms with Crippen molar-refractivity contribution >= 4 is 45.0 Å². The molecule has 2 aliphatic rings. The first-order valence-corrected chi connectivity index (χ1v) is 12.6. The quantitative estimate of drug-likeness (QED) is 0.665. The first-order valence-electron chi connectivity index (χ1n) is 10.4. The van der Waals surface area contributed by atoms with Crippen LogP contribution in [-0.2, 0) is 10.0 Å². The SMILES string of the molecule is O=C(c1cc(Cl)cc(Cl)c1)N1CCN(C(=O)c2cccc(S(=O)(=O)NCC3CC3)c2)CC1. The molecule has 1 aliphatic carbocycles. The van der Waals surface area contributed by atoms with Crippen LogP contribution in [0.5, 0.6) is 0 Å². The number of halogens is 2. The number of rotatable bonds is 6. The van der Waals surface area contributed by atoms with Crippen LogP contribution in [0.4, 0.5) is 0 Å². The molecule has 32 heavy (non-hydrogen) atoms. The van der Waals surface area contributed by atoms with E-state index in [0.29, 0.717) is 59.8 Å². The highest BCUT2D eigenvalue weighted by Gasteiger charge is 2.27. The molecule has 0 aromatic heterocycles. The Hall–Kier alpha value is -2.13. The summed E-state index contributed by atoms with van der Waals surface area (Å²) in [5, 5.41) is 0.771. The summed E-state index contributed by atoms with van der Waals surface area (Å²) in [4.78, 5) is 29.1. The molecular weight excluding hydrogens is 473 g/mol. The summed E-state index contributed by atoms with van der Waals surface area (Å²) in [5.74, 6) is -0.0463. The zero-order chi connectivity index (χ0) is 22.9. The van der Waals surface area contributed by atoms with Crippen molar-refractivity contribution in [1.82, 2.24) is 14.5 Å². The standard InChI is InChI=1S/C22H23Cl2N3O4S/c23-18-10-17(11-19(24)13-18)22(29)27-8-6-26(7-9-27)21(28)16-2-1-3-20(12-16)32(30,31)25-14-15-4-5-15/h1-3,10-13,15,25H,4-9,14H2. The molecule has 1 heterocycles. The number of nitrogens with one attached hydrogen (secondary N) is 1. The monoisotopic (exact) mass is 495 g/mol. The smallest absolute Gasteiger partial charge is 0.254 e. The largest absolute Gasteiger partial charge is 0.335 e. The minimum atomic E-state index is -3.66. The maximum absolute atomic E-state index is 13.0. The molecule has 4 rings (SSSR count). The number of piperazine rings is 1. The van der Waals surface area contributed by atoms with E-state index in [9.17, 15) is 18.0 Å². The van der Waals surface area contributed by atoms with Gasteiger partial charge in [0.25, 0.3) is 11.8 Å². The zero-order valence-electron chi connectivity index (χ0n) is 17.3. The number of carbonyl (C=O) groups excluding carboxylic acids is 2. The Labute approximate surface area is 197 Å². The lowest BCUT2D eigenvalue weighted by Gasteiger charge is -2.35. The van der Waals surface area contributed by atoms with Gasteiger partial charge in [0.1, 0.15) is 0 Å². The van der Waals surface area contributed by atoms with Crippen LogP contribution in [0.15, 0.2) is 47.4 Å². The third-order valence-corrected chi connectivity index (χ3v) is 7.47. The highest BCUT2D eigenvalue weighted by molar-refractivity contribution is 7.89. The number of carbonyl (C=O) groups is 2. The van der Waals surface area contributed by atoms with E-state index in [4.69, 9.17) is 23.2 Å². The van der Waals surface area contributed by atoms with E-state index in [1.54, 1.807) is 40.1 Å². The third kappa shape index (κ3) is 5.43. The van der Waals surface area contributed by atoms with Gasteiger partial charge in [-0.15, -0.1) is 0 Å². The number of nitrogens with zero attached hydrogens (tertiary/aromatic N) is 2. The first-order chi connectivity index (χ1) is 15.2. The van der Waals surface area contributed by atoms with Gasteiger partial charge in [-0.25, -0.2) is 13.1 Å². The van der Waals surface area contributed by atoms with Gasteiger partial charge < -0.3 is 9.80 Å². The molecule has 1 N–H and O–H groups in total. The Morgan fingerprint density at radius 1 is 0.875 bits per heavy atom. The second-order valence-electron chi connectivity index (χ2n) is 8.07. The Morgan fingerprint density at radius 3 is 2.00 bits per heavy atom. The average molecular weight is 496 g/mol. The minimum Gasteiger partial charge on any atom is -0.335 e. The molecular formula is C22H23Cl2N3O4S. The van der Waals surface area contributed by atoms with E-state index in [-0.39, 0.29) is 16.7 Å². The van der Waals surface area contributed by atoms with Crippen molar-refractivity contribution in [3.63, 3.8) is 0 Å². The minimum absolute atomic E-state index is 0.0793. The Morgan fingerprint density at radius 2 is 1.44 bits per heavy atom. The van der Waals surface area contributed by atoms with Gasteiger partial charge in [0.05, 0.1) is 4.90 Å². The molecule has 2 aromatic rings. The highest BCUT2D eigenvalue weighted by Crippen LogP contribution is 2.28. The van der Waals surface area contributed by atoms with Crippen LogP contribution < -0.4 is 4.72 Å². The van der Waals surface area contributed by atoms with E-state index >= 15 is 0 Å². The van der Waals surface area contributed by atoms with E-state index in [1.807, 2.05) is 0 Å². The lowest BCUT2D eigenvalue weighted by molar-refractivity contribution is 0.0535. The predicted molar refractivity (Wildman–Crippen MR) is 123 cm³/mol. The van der Waals surface area contributed by atoms with Gasteiger partial charge in [-0.3, -0.25) is 9.59 Å². The van der Waals surface area contributed by atoms with Crippen LogP contribution in [-0.4, -0.2) is 62.8 Å². The van der Waals surface area contributed by atoms with Crippen molar-refractivity contribution in [3.8, 4) is 0 Å². The topological polar surface area (TPSA) is 86.8 Å². The summed E-state index contributed by atoms with van der Waals surface area (Å²) in [7, 11) is -3.66. The number of amides is 2. The number of hydrogen-bond donors (Lipinski definition) is 1. The molecule has 1 aliphatic heterocycles. The molecule has 0 radical (unpaired) electrons. The lowest BCUT2D eigenvalue weighted by Crippen LogP contribution is -2.50. The van der Waals surface area contributed by atoms with Gasteiger partial charge in [-0.2, -0.15) is 0 Å². The normalized spacial score (nSPS) is 16.8. The number of hydrogen-bond acceptors (Lipinski definition) is 4. The van der Waals surface area contributed by atoms with Crippen LogP contribution >= 0.6 is 23.2 Å². The van der Waals surface area contributed by atoms with Gasteiger partial charge in [-0.05, 0) is 55.2 Å². The van der Waals surface area contributed by atoms with Crippen LogP contribution in [0, 0.1) is 5.92 Å². The summed E-state index contributed by atoms with van der Waals surface area (Å²) in [6, 6.07) is 10.8. The van der Waals surface area contributed by atoms with Crippen molar-refractivity contribution < 1.29 is 18.0 Å². The van der Waals surface area contributed by atoms with Gasteiger partial charge in [0, 0.05) is 53.9 Å². The van der Waals surface area contributed by atoms with E-state index in [1.165, 1.54) is 12.1 Å². The van der Waals surface area contributed by atoms with E-state index in [2.05, 4.69) is 4.72 Å². The van der Waals surface area contributed by atoms with Crippen molar-refractivity contribution in [2.24, 2.45) is 5.92 Å². The van der Waals surface area contributed by atoms with Crippen LogP contribution in [0.1, 0.15) is 33.6 Å². The van der Waals surface area contributed by atoms with Crippen LogP contribution in [0.3, 0.4) is 0 Å². The fourth-order valence-electron chi connectivity index (χ4n) is 3.58. The molecule has 0 atom stereocenters. The first kappa shape index (κ1) is 23.0. The van der Waals surface area contributed by atoms with E-state index in [0.717, 1.165) is 12.8 Å². The van der Waals surface area contributed by atoms with Gasteiger partial charge in [0.2, 0.25) is 10.0 Å². The van der Waals surface area contributed by atoms with Crippen LogP contribution in [0.2, 0.25) is 10.0 Å². The lowest BCUT2D eigenvalue weighted by atomic mass is 10.1. The summed E-state index contributed by atoms with van der Waals surface area (Å²) in [6.45, 7) is 1.82. The molecule has 0 bridgehead atoms. The van der Waals surface area contributed by atoms with Gasteiger partial charge in [0.15, 0.2) is 0 Å². The van der Waals surface area contributed by atoms with Crippen molar-refractivity contribution in [2.75, 3.05) is 32.7 Å². The Bertz CT molecular complexity index is 1120. The summed E-state index contributed by atoms with van der Waals surface area (Å²) < 4.78 is 27.6. The molecule has 2 fully saturated rings. The van der Waals surface area contributed by atoms with Crippen molar-refractivity contribution in [2.45, 2.75) is 17.7 Å². The second kappa shape index (κ2) is 9.39. The zero-order valence-corrected chi connectivity index (χ0v) is 19.6. The van der Waals surface area contributed by atoms with Crippen molar-refractivity contribution in [1.29, 1.82) is 0 Å². The fourth-order valence-corrected chi connectivity index (χ4v) is 5.27. The Kier molecular flexibility index (Phi) is 6.76. The summed E-state index contributed by atoms with van der Waals surface area (Å²) >= 11 is 12.0. The molecule has 10 heteroatoms. The average Bonchev–Trinajstić information content (AvgIpc) is 3.61. The molecule has 0 spiro atoms. The van der Waals surface area contributed by atoms with Crippen LogP contribution in [0.25, 0.3) is 0 Å². The highest BCUT2D eigenvalue weighted by atomic mass is 35.5.